The number of benzene rings is 2. The lowest BCUT2D eigenvalue weighted by Gasteiger charge is -2.19. The molecule has 3 rings (SSSR count). The summed E-state index contributed by atoms with van der Waals surface area (Å²) in [6, 6.07) is 11.3. The van der Waals surface area contributed by atoms with Crippen molar-refractivity contribution < 1.29 is 4.74 Å². The van der Waals surface area contributed by atoms with E-state index in [1.54, 1.807) is 11.8 Å². The van der Waals surface area contributed by atoms with Gasteiger partial charge in [0.05, 0.1) is 9.79 Å². The first kappa shape index (κ1) is 9.42. The Labute approximate surface area is 97.4 Å². The standard InChI is InChI=1S/C12H10N2OS/c13-7-1-3-11-9(5-7)15-10-6-8(14)2-4-12(10)16-11/h1-6H,13-14H2. The molecule has 16 heavy (non-hydrogen) atoms. The van der Waals surface area contributed by atoms with Gasteiger partial charge in [-0.15, -0.1) is 0 Å². The van der Waals surface area contributed by atoms with Crippen molar-refractivity contribution in [1.29, 1.82) is 0 Å². The maximum Gasteiger partial charge on any atom is 0.143 e. The van der Waals surface area contributed by atoms with Gasteiger partial charge in [-0.25, -0.2) is 0 Å². The van der Waals surface area contributed by atoms with Gasteiger partial charge in [-0.3, -0.25) is 0 Å². The molecule has 2 aromatic carbocycles. The van der Waals surface area contributed by atoms with Gasteiger partial charge in [-0.2, -0.15) is 0 Å². The number of hydrogen-bond donors (Lipinski definition) is 2. The Bertz CT molecular complexity index is 519. The van der Waals surface area contributed by atoms with Gasteiger partial charge in [-0.05, 0) is 24.3 Å². The highest BCUT2D eigenvalue weighted by atomic mass is 32.2. The fourth-order valence-electron chi connectivity index (χ4n) is 1.61. The van der Waals surface area contributed by atoms with Crippen molar-refractivity contribution in [1.82, 2.24) is 0 Å². The average molecular weight is 230 g/mol. The van der Waals surface area contributed by atoms with Crippen LogP contribution in [0, 0.1) is 0 Å². The zero-order valence-corrected chi connectivity index (χ0v) is 9.25. The van der Waals surface area contributed by atoms with Gasteiger partial charge in [0, 0.05) is 23.5 Å². The quantitative estimate of drug-likeness (QED) is 0.582. The van der Waals surface area contributed by atoms with E-state index in [0.29, 0.717) is 11.4 Å². The molecule has 0 saturated carbocycles. The van der Waals surface area contributed by atoms with Crippen LogP contribution in [-0.4, -0.2) is 0 Å². The van der Waals surface area contributed by atoms with Crippen molar-refractivity contribution in [3.05, 3.63) is 36.4 Å². The second-order valence-corrected chi connectivity index (χ2v) is 4.70. The van der Waals surface area contributed by atoms with Crippen molar-refractivity contribution in [3.8, 4) is 11.5 Å². The van der Waals surface area contributed by atoms with Gasteiger partial charge in [-0.1, -0.05) is 11.8 Å². The monoisotopic (exact) mass is 230 g/mol. The first-order chi connectivity index (χ1) is 7.72. The molecule has 1 aliphatic rings. The Kier molecular flexibility index (Phi) is 1.97. The van der Waals surface area contributed by atoms with Crippen LogP contribution in [0.3, 0.4) is 0 Å². The van der Waals surface area contributed by atoms with E-state index < -0.39 is 0 Å². The Hall–Kier alpha value is -1.81. The molecule has 4 N–H and O–H groups in total. The third kappa shape index (κ3) is 1.47. The third-order valence-electron chi connectivity index (χ3n) is 2.38. The Morgan fingerprint density at radius 2 is 1.31 bits per heavy atom. The fourth-order valence-corrected chi connectivity index (χ4v) is 2.53. The van der Waals surface area contributed by atoms with Gasteiger partial charge in [0.25, 0.3) is 0 Å². The van der Waals surface area contributed by atoms with E-state index >= 15 is 0 Å². The van der Waals surface area contributed by atoms with Crippen molar-refractivity contribution in [2.75, 3.05) is 11.5 Å². The molecule has 1 heterocycles. The number of hydrogen-bond acceptors (Lipinski definition) is 4. The molecule has 0 bridgehead atoms. The highest BCUT2D eigenvalue weighted by Crippen LogP contribution is 2.47. The zero-order chi connectivity index (χ0) is 11.1. The Balaban J connectivity index is 2.10. The molecule has 80 valence electrons. The van der Waals surface area contributed by atoms with E-state index in [1.807, 2.05) is 36.4 Å². The summed E-state index contributed by atoms with van der Waals surface area (Å²) in [5.41, 5.74) is 12.8. The number of rotatable bonds is 0. The molecule has 2 aromatic rings. The van der Waals surface area contributed by atoms with Crippen LogP contribution < -0.4 is 16.2 Å². The second-order valence-electron chi connectivity index (χ2n) is 3.62. The number of ether oxygens (including phenoxy) is 1. The predicted molar refractivity (Wildman–Crippen MR) is 65.9 cm³/mol. The van der Waals surface area contributed by atoms with Gasteiger partial charge < -0.3 is 16.2 Å². The summed E-state index contributed by atoms with van der Waals surface area (Å²) < 4.78 is 5.76. The molecule has 0 aliphatic carbocycles. The molecule has 0 amide bonds. The maximum atomic E-state index is 5.76. The molecule has 3 nitrogen and oxygen atoms in total. The highest BCUT2D eigenvalue weighted by Gasteiger charge is 2.17. The highest BCUT2D eigenvalue weighted by molar-refractivity contribution is 7.99. The minimum absolute atomic E-state index is 0.701. The van der Waals surface area contributed by atoms with E-state index in [4.69, 9.17) is 16.2 Å². The Morgan fingerprint density at radius 3 is 1.81 bits per heavy atom. The topological polar surface area (TPSA) is 61.3 Å². The van der Waals surface area contributed by atoms with Gasteiger partial charge in [0.2, 0.25) is 0 Å². The van der Waals surface area contributed by atoms with Gasteiger partial charge in [0.1, 0.15) is 11.5 Å². The first-order valence-corrected chi connectivity index (χ1v) is 5.69. The Morgan fingerprint density at radius 1 is 0.812 bits per heavy atom. The molecule has 1 aliphatic heterocycles. The number of nitrogens with two attached hydrogens (primary N) is 2. The molecule has 0 unspecified atom stereocenters. The summed E-state index contributed by atoms with van der Waals surface area (Å²) in [7, 11) is 0. The molecule has 0 aromatic heterocycles. The average Bonchev–Trinajstić information content (AvgIpc) is 2.26. The second kappa shape index (κ2) is 3.35. The van der Waals surface area contributed by atoms with Gasteiger partial charge in [0.15, 0.2) is 0 Å². The lowest BCUT2D eigenvalue weighted by molar-refractivity contribution is 0.455. The molecule has 0 radical (unpaired) electrons. The molecular weight excluding hydrogens is 220 g/mol. The summed E-state index contributed by atoms with van der Waals surface area (Å²) in [6.07, 6.45) is 0. The summed E-state index contributed by atoms with van der Waals surface area (Å²) in [5.74, 6) is 1.59. The van der Waals surface area contributed by atoms with Gasteiger partial charge >= 0.3 is 0 Å². The van der Waals surface area contributed by atoms with E-state index in [0.717, 1.165) is 21.3 Å². The van der Waals surface area contributed by atoms with E-state index in [-0.39, 0.29) is 0 Å². The van der Waals surface area contributed by atoms with Crippen LogP contribution in [0.5, 0.6) is 11.5 Å². The molecule has 0 atom stereocenters. The predicted octanol–water partition coefficient (Wildman–Crippen LogP) is 3.11. The van der Waals surface area contributed by atoms with Crippen LogP contribution in [0.25, 0.3) is 0 Å². The van der Waals surface area contributed by atoms with Crippen LogP contribution in [0.2, 0.25) is 0 Å². The van der Waals surface area contributed by atoms with Crippen LogP contribution in [0.1, 0.15) is 0 Å². The number of nitrogen functional groups attached to an aromatic ring is 2. The van der Waals surface area contributed by atoms with E-state index in [9.17, 15) is 0 Å². The molecular formula is C12H10N2OS. The molecule has 0 spiro atoms. The number of fused-ring (bicyclic) bond motifs is 2. The minimum atomic E-state index is 0.701. The zero-order valence-electron chi connectivity index (χ0n) is 8.44. The van der Waals surface area contributed by atoms with Crippen LogP contribution in [-0.2, 0) is 0 Å². The minimum Gasteiger partial charge on any atom is -0.455 e. The normalized spacial score (nSPS) is 12.5. The van der Waals surface area contributed by atoms with Crippen LogP contribution >= 0.6 is 11.8 Å². The van der Waals surface area contributed by atoms with Crippen molar-refractivity contribution in [2.45, 2.75) is 9.79 Å². The van der Waals surface area contributed by atoms with Crippen molar-refractivity contribution >= 4 is 23.1 Å². The first-order valence-electron chi connectivity index (χ1n) is 4.87. The fraction of sp³-hybridized carbons (Fsp3) is 0. The van der Waals surface area contributed by atoms with Crippen molar-refractivity contribution in [2.24, 2.45) is 0 Å². The lowest BCUT2D eigenvalue weighted by atomic mass is 10.2. The summed E-state index contributed by atoms with van der Waals surface area (Å²) in [5, 5.41) is 0. The lowest BCUT2D eigenvalue weighted by Crippen LogP contribution is -1.97. The maximum absolute atomic E-state index is 5.76. The molecule has 0 saturated heterocycles. The SMILES string of the molecule is Nc1ccc2c(c1)Oc1cc(N)ccc1S2. The van der Waals surface area contributed by atoms with Crippen LogP contribution in [0.15, 0.2) is 46.2 Å². The summed E-state index contributed by atoms with van der Waals surface area (Å²) in [6.45, 7) is 0. The van der Waals surface area contributed by atoms with Crippen LogP contribution in [0.4, 0.5) is 11.4 Å². The largest absolute Gasteiger partial charge is 0.455 e. The number of anilines is 2. The smallest absolute Gasteiger partial charge is 0.143 e. The third-order valence-corrected chi connectivity index (χ3v) is 3.49. The molecule has 4 heteroatoms. The molecule has 0 fully saturated rings. The van der Waals surface area contributed by atoms with Crippen molar-refractivity contribution in [3.63, 3.8) is 0 Å². The van der Waals surface area contributed by atoms with E-state index in [1.165, 1.54) is 0 Å². The summed E-state index contributed by atoms with van der Waals surface area (Å²) in [4.78, 5) is 2.15. The summed E-state index contributed by atoms with van der Waals surface area (Å²) >= 11 is 1.66. The van der Waals surface area contributed by atoms with E-state index in [2.05, 4.69) is 0 Å².